The van der Waals surface area contributed by atoms with E-state index in [1.165, 1.54) is 36.4 Å². The lowest BCUT2D eigenvalue weighted by Gasteiger charge is -2.17. The predicted molar refractivity (Wildman–Crippen MR) is 93.8 cm³/mol. The largest absolute Gasteiger partial charge is 0.418 e. The van der Waals surface area contributed by atoms with Gasteiger partial charge in [-0.1, -0.05) is 18.2 Å². The molecule has 0 aliphatic carbocycles. The molecule has 2 aromatic carbocycles. The van der Waals surface area contributed by atoms with Crippen LogP contribution in [-0.2, 0) is 16.2 Å². The summed E-state index contributed by atoms with van der Waals surface area (Å²) >= 11 is 0. The molecular formula is C18H17F3N2O3S. The summed E-state index contributed by atoms with van der Waals surface area (Å²) < 4.78 is 66.4. The molecule has 0 atom stereocenters. The minimum Gasteiger partial charge on any atom is -0.339 e. The van der Waals surface area contributed by atoms with Gasteiger partial charge in [0, 0.05) is 18.7 Å². The van der Waals surface area contributed by atoms with Crippen molar-refractivity contribution in [3.05, 3.63) is 59.7 Å². The minimum absolute atomic E-state index is 0.184. The highest BCUT2D eigenvalue weighted by atomic mass is 32.2. The van der Waals surface area contributed by atoms with Crippen LogP contribution < -0.4 is 4.72 Å². The van der Waals surface area contributed by atoms with E-state index in [1.807, 2.05) is 4.72 Å². The van der Waals surface area contributed by atoms with E-state index < -0.39 is 27.5 Å². The van der Waals surface area contributed by atoms with Gasteiger partial charge in [-0.05, 0) is 43.2 Å². The van der Waals surface area contributed by atoms with Crippen LogP contribution in [0.4, 0.5) is 18.9 Å². The van der Waals surface area contributed by atoms with Crippen LogP contribution in [-0.4, -0.2) is 32.3 Å². The van der Waals surface area contributed by atoms with Gasteiger partial charge in [0.25, 0.3) is 15.9 Å². The third kappa shape index (κ3) is 4.24. The first kappa shape index (κ1) is 19.2. The number of halogens is 3. The van der Waals surface area contributed by atoms with Crippen LogP contribution in [0.15, 0.2) is 53.4 Å². The summed E-state index contributed by atoms with van der Waals surface area (Å²) in [5.41, 5.74) is -1.47. The van der Waals surface area contributed by atoms with Crippen molar-refractivity contribution < 1.29 is 26.4 Å². The quantitative estimate of drug-likeness (QED) is 0.853. The number of amides is 1. The first-order valence-electron chi connectivity index (χ1n) is 8.27. The molecule has 0 bridgehead atoms. The number of para-hydroxylation sites is 1. The Morgan fingerprint density at radius 3 is 2.33 bits per heavy atom. The first-order valence-corrected chi connectivity index (χ1v) is 9.75. The molecule has 0 spiro atoms. The minimum atomic E-state index is -4.70. The Balaban J connectivity index is 1.90. The third-order valence-electron chi connectivity index (χ3n) is 4.26. The molecule has 0 unspecified atom stereocenters. The fourth-order valence-electron chi connectivity index (χ4n) is 2.92. The lowest BCUT2D eigenvalue weighted by molar-refractivity contribution is -0.136. The summed E-state index contributed by atoms with van der Waals surface area (Å²) in [4.78, 5) is 13.8. The van der Waals surface area contributed by atoms with Gasteiger partial charge in [-0.15, -0.1) is 0 Å². The number of carbonyl (C=O) groups excluding carboxylic acids is 1. The number of rotatable bonds is 4. The van der Waals surface area contributed by atoms with Crippen LogP contribution in [0.1, 0.15) is 28.8 Å². The standard InChI is InChI=1S/C18H17F3N2O3S/c19-18(20,21)15-8-1-2-9-16(15)22-27(25,26)14-7-5-6-13(12-14)17(24)23-10-3-4-11-23/h1-2,5-9,12,22H,3-4,10-11H2. The van der Waals surface area contributed by atoms with Crippen LogP contribution >= 0.6 is 0 Å². The van der Waals surface area contributed by atoms with Gasteiger partial charge in [0.05, 0.1) is 16.1 Å². The Morgan fingerprint density at radius 1 is 1.00 bits per heavy atom. The maximum Gasteiger partial charge on any atom is 0.418 e. The second-order valence-corrected chi connectivity index (χ2v) is 7.86. The van der Waals surface area contributed by atoms with E-state index in [0.717, 1.165) is 25.0 Å². The van der Waals surface area contributed by atoms with E-state index in [2.05, 4.69) is 0 Å². The van der Waals surface area contributed by atoms with E-state index in [0.29, 0.717) is 13.1 Å². The fourth-order valence-corrected chi connectivity index (χ4v) is 4.05. The lowest BCUT2D eigenvalue weighted by Crippen LogP contribution is -2.27. The number of hydrogen-bond acceptors (Lipinski definition) is 3. The number of sulfonamides is 1. The van der Waals surface area contributed by atoms with Crippen molar-refractivity contribution in [3.63, 3.8) is 0 Å². The molecule has 5 nitrogen and oxygen atoms in total. The fraction of sp³-hybridized carbons (Fsp3) is 0.278. The molecule has 1 fully saturated rings. The zero-order chi connectivity index (χ0) is 19.7. The molecule has 0 radical (unpaired) electrons. The number of nitrogens with zero attached hydrogens (tertiary/aromatic N) is 1. The SMILES string of the molecule is O=C(c1cccc(S(=O)(=O)Nc2ccccc2C(F)(F)F)c1)N1CCCC1. The number of benzene rings is 2. The molecule has 3 rings (SSSR count). The smallest absolute Gasteiger partial charge is 0.339 e. The van der Waals surface area contributed by atoms with Crippen LogP contribution in [0, 0.1) is 0 Å². The Hall–Kier alpha value is -2.55. The van der Waals surface area contributed by atoms with Crippen molar-refractivity contribution in [2.45, 2.75) is 23.9 Å². The maximum absolute atomic E-state index is 13.1. The first-order chi connectivity index (χ1) is 12.7. The van der Waals surface area contributed by atoms with Crippen LogP contribution in [0.2, 0.25) is 0 Å². The van der Waals surface area contributed by atoms with Gasteiger partial charge in [-0.25, -0.2) is 8.42 Å². The summed E-state index contributed by atoms with van der Waals surface area (Å²) in [6.07, 6.45) is -2.92. The topological polar surface area (TPSA) is 66.5 Å². The number of anilines is 1. The summed E-state index contributed by atoms with van der Waals surface area (Å²) in [6, 6.07) is 9.62. The normalized spacial score (nSPS) is 15.0. The van der Waals surface area contributed by atoms with Crippen molar-refractivity contribution in [1.82, 2.24) is 4.90 Å². The van der Waals surface area contributed by atoms with Crippen molar-refractivity contribution >= 4 is 21.6 Å². The second-order valence-electron chi connectivity index (χ2n) is 6.18. The van der Waals surface area contributed by atoms with E-state index in [9.17, 15) is 26.4 Å². The van der Waals surface area contributed by atoms with Gasteiger partial charge in [-0.2, -0.15) is 13.2 Å². The van der Waals surface area contributed by atoms with Gasteiger partial charge >= 0.3 is 6.18 Å². The van der Waals surface area contributed by atoms with Gasteiger partial charge in [0.2, 0.25) is 0 Å². The molecule has 2 aromatic rings. The maximum atomic E-state index is 13.1. The highest BCUT2D eigenvalue weighted by Crippen LogP contribution is 2.35. The number of alkyl halides is 3. The number of nitrogens with one attached hydrogen (secondary N) is 1. The summed E-state index contributed by atoms with van der Waals surface area (Å²) in [6.45, 7) is 1.21. The van der Waals surface area contributed by atoms with E-state index in [4.69, 9.17) is 0 Å². The Bertz CT molecular complexity index is 952. The number of likely N-dealkylation sites (tertiary alicyclic amines) is 1. The van der Waals surface area contributed by atoms with Crippen molar-refractivity contribution in [2.75, 3.05) is 17.8 Å². The molecule has 1 heterocycles. The third-order valence-corrected chi connectivity index (χ3v) is 5.62. The summed E-state index contributed by atoms with van der Waals surface area (Å²) in [5.74, 6) is -0.291. The van der Waals surface area contributed by atoms with Gasteiger partial charge < -0.3 is 4.90 Å². The second kappa shape index (κ2) is 7.22. The van der Waals surface area contributed by atoms with Crippen molar-refractivity contribution in [2.24, 2.45) is 0 Å². The molecule has 9 heteroatoms. The predicted octanol–water partition coefficient (Wildman–Crippen LogP) is 3.74. The molecule has 144 valence electrons. The average molecular weight is 398 g/mol. The Morgan fingerprint density at radius 2 is 1.67 bits per heavy atom. The van der Waals surface area contributed by atoms with Crippen LogP contribution in [0.3, 0.4) is 0 Å². The van der Waals surface area contributed by atoms with Gasteiger partial charge in [-0.3, -0.25) is 9.52 Å². The molecule has 1 aliphatic rings. The molecule has 27 heavy (non-hydrogen) atoms. The molecule has 0 saturated carbocycles. The molecule has 0 aromatic heterocycles. The Kier molecular flexibility index (Phi) is 5.14. The van der Waals surface area contributed by atoms with Gasteiger partial charge in [0.15, 0.2) is 0 Å². The van der Waals surface area contributed by atoms with Crippen molar-refractivity contribution in [3.8, 4) is 0 Å². The number of carbonyl (C=O) groups is 1. The van der Waals surface area contributed by atoms with E-state index in [1.54, 1.807) is 4.90 Å². The zero-order valence-electron chi connectivity index (χ0n) is 14.2. The van der Waals surface area contributed by atoms with Crippen LogP contribution in [0.25, 0.3) is 0 Å². The van der Waals surface area contributed by atoms with Crippen molar-refractivity contribution in [1.29, 1.82) is 0 Å². The zero-order valence-corrected chi connectivity index (χ0v) is 15.0. The van der Waals surface area contributed by atoms with Gasteiger partial charge in [0.1, 0.15) is 0 Å². The molecule has 1 amide bonds. The molecule has 1 N–H and O–H groups in total. The highest BCUT2D eigenvalue weighted by Gasteiger charge is 2.34. The Labute approximate surface area is 154 Å². The summed E-state index contributed by atoms with van der Waals surface area (Å²) in [7, 11) is -4.30. The lowest BCUT2D eigenvalue weighted by atomic mass is 10.2. The monoisotopic (exact) mass is 398 g/mol. The average Bonchev–Trinajstić information content (AvgIpc) is 3.15. The molecule has 1 saturated heterocycles. The number of hydrogen-bond donors (Lipinski definition) is 1. The van der Waals surface area contributed by atoms with E-state index >= 15 is 0 Å². The summed E-state index contributed by atoms with van der Waals surface area (Å²) in [5, 5.41) is 0. The van der Waals surface area contributed by atoms with E-state index in [-0.39, 0.29) is 16.4 Å². The highest BCUT2D eigenvalue weighted by molar-refractivity contribution is 7.92. The van der Waals surface area contributed by atoms with Crippen LogP contribution in [0.5, 0.6) is 0 Å². The molecular weight excluding hydrogens is 381 g/mol. The molecule has 1 aliphatic heterocycles.